The highest BCUT2D eigenvalue weighted by Gasteiger charge is 2.29. The lowest BCUT2D eigenvalue weighted by Gasteiger charge is -2.13. The fraction of sp³-hybridized carbons (Fsp3) is 0.278. The van der Waals surface area contributed by atoms with Crippen LogP contribution in [0.15, 0.2) is 97.1 Å². The van der Waals surface area contributed by atoms with E-state index in [0.29, 0.717) is 26.1 Å². The van der Waals surface area contributed by atoms with Crippen LogP contribution in [0.4, 0.5) is 0 Å². The zero-order valence-corrected chi connectivity index (χ0v) is 24.7. The number of fused-ring (bicyclic) bond motifs is 6. The lowest BCUT2D eigenvalue weighted by molar-refractivity contribution is -0.144. The molecule has 0 atom stereocenters. The maximum atomic E-state index is 11.4. The smallest absolute Gasteiger partial charge is 0.305 e. The van der Waals surface area contributed by atoms with Crippen molar-refractivity contribution in [2.45, 2.75) is 46.0 Å². The first-order valence-electron chi connectivity index (χ1n) is 14.0. The summed E-state index contributed by atoms with van der Waals surface area (Å²) in [7, 11) is 1.74. The van der Waals surface area contributed by atoms with Crippen molar-refractivity contribution in [3.63, 3.8) is 0 Å². The summed E-state index contributed by atoms with van der Waals surface area (Å²) >= 11 is 3.54. The van der Waals surface area contributed by atoms with Crippen molar-refractivity contribution in [3.8, 4) is 22.3 Å². The summed E-state index contributed by atoms with van der Waals surface area (Å²) in [6.07, 6.45) is 0.853. The van der Waals surface area contributed by atoms with Crippen LogP contribution in [0.1, 0.15) is 68.2 Å². The van der Waals surface area contributed by atoms with Gasteiger partial charge in [0.05, 0.1) is 0 Å². The van der Waals surface area contributed by atoms with Crippen molar-refractivity contribution in [1.29, 1.82) is 0 Å². The fourth-order valence-corrected chi connectivity index (χ4v) is 5.44. The maximum absolute atomic E-state index is 11.4. The number of benzene rings is 4. The molecule has 0 fully saturated rings. The quantitative estimate of drug-likeness (QED) is 0.177. The molecule has 0 amide bonds. The van der Waals surface area contributed by atoms with Gasteiger partial charge in [-0.1, -0.05) is 131 Å². The average molecular weight is 584 g/mol. The van der Waals surface area contributed by atoms with E-state index in [-0.39, 0.29) is 31.2 Å². The number of carbonyl (C=O) groups is 2. The number of nitrogens with one attached hydrogen (secondary N) is 1. The molecule has 2 aliphatic rings. The molecule has 5 nitrogen and oxygen atoms in total. The summed E-state index contributed by atoms with van der Waals surface area (Å²) in [6.45, 7) is 4.50. The third kappa shape index (κ3) is 7.30. The molecule has 4 aromatic carbocycles. The minimum absolute atomic E-state index is 0. The highest BCUT2D eigenvalue weighted by atomic mass is 32.1. The van der Waals surface area contributed by atoms with Crippen molar-refractivity contribution >= 4 is 24.8 Å². The summed E-state index contributed by atoms with van der Waals surface area (Å²) in [5.41, 5.74) is 10.1. The van der Waals surface area contributed by atoms with Gasteiger partial charge in [-0.15, -0.1) is 0 Å². The first kappa shape index (κ1) is 32.6. The van der Waals surface area contributed by atoms with Crippen molar-refractivity contribution in [2.24, 2.45) is 0 Å². The minimum atomic E-state index is -0.137. The van der Waals surface area contributed by atoms with Gasteiger partial charge in [-0.05, 0) is 51.6 Å². The second kappa shape index (κ2) is 15.9. The van der Waals surface area contributed by atoms with Crippen LogP contribution in [-0.2, 0) is 19.1 Å². The molecular weight excluding hydrogens is 542 g/mol. The van der Waals surface area contributed by atoms with Gasteiger partial charge in [-0.25, -0.2) is 0 Å². The van der Waals surface area contributed by atoms with E-state index in [9.17, 15) is 9.59 Å². The van der Waals surface area contributed by atoms with E-state index >= 15 is 0 Å². The Kier molecular flexibility index (Phi) is 12.4. The molecule has 0 radical (unpaired) electrons. The Balaban J connectivity index is 0.000000207. The Morgan fingerprint density at radius 1 is 0.595 bits per heavy atom. The van der Waals surface area contributed by atoms with Gasteiger partial charge >= 0.3 is 11.9 Å². The van der Waals surface area contributed by atoms with Gasteiger partial charge < -0.3 is 9.47 Å². The van der Waals surface area contributed by atoms with Gasteiger partial charge in [0.25, 0.3) is 0 Å². The van der Waals surface area contributed by atoms with E-state index in [4.69, 9.17) is 9.47 Å². The Hall–Kier alpha value is -3.87. The lowest BCUT2D eigenvalue weighted by Crippen LogP contribution is -2.11. The topological polar surface area (TPSA) is 64.6 Å². The van der Waals surface area contributed by atoms with E-state index in [1.165, 1.54) is 44.5 Å². The van der Waals surface area contributed by atoms with Crippen LogP contribution in [0.5, 0.6) is 0 Å². The molecular formula is C36H41NO4S. The van der Waals surface area contributed by atoms with Crippen LogP contribution < -0.4 is 4.72 Å². The van der Waals surface area contributed by atoms with Gasteiger partial charge in [0.2, 0.25) is 0 Å². The molecule has 2 aliphatic carbocycles. The van der Waals surface area contributed by atoms with Gasteiger partial charge in [-0.2, -0.15) is 0 Å². The summed E-state index contributed by atoms with van der Waals surface area (Å²) in [5.74, 6) is 0.0644. The van der Waals surface area contributed by atoms with Crippen LogP contribution in [0, 0.1) is 0 Å². The molecule has 6 heteroatoms. The van der Waals surface area contributed by atoms with Crippen molar-refractivity contribution < 1.29 is 19.1 Å². The van der Waals surface area contributed by atoms with Crippen molar-refractivity contribution in [1.82, 2.24) is 4.72 Å². The average Bonchev–Trinajstić information content (AvgIpc) is 3.52. The Bertz CT molecular complexity index is 1280. The lowest BCUT2D eigenvalue weighted by atomic mass is 9.98. The molecule has 0 saturated carbocycles. The largest absolute Gasteiger partial charge is 0.465 e. The fourth-order valence-electron chi connectivity index (χ4n) is 5.44. The van der Waals surface area contributed by atoms with Crippen LogP contribution >= 0.6 is 12.8 Å². The molecule has 220 valence electrons. The highest BCUT2D eigenvalue weighted by Crippen LogP contribution is 2.45. The van der Waals surface area contributed by atoms with E-state index in [2.05, 4.69) is 90.3 Å². The van der Waals surface area contributed by atoms with Crippen molar-refractivity contribution in [2.75, 3.05) is 20.3 Å². The highest BCUT2D eigenvalue weighted by molar-refractivity contribution is 7.78. The van der Waals surface area contributed by atoms with Crippen LogP contribution in [0.2, 0.25) is 0 Å². The SMILES string of the molecule is C.CCC(=O)OCC1c2ccccc2-c2ccccc21.CCC(=O)OCC1c2ccccc2-c2ccccc21.CNS. The zero-order chi connectivity index (χ0) is 29.2. The van der Waals surface area contributed by atoms with Gasteiger partial charge in [0.1, 0.15) is 13.2 Å². The first-order valence-corrected chi connectivity index (χ1v) is 14.5. The monoisotopic (exact) mass is 583 g/mol. The first-order chi connectivity index (χ1) is 20.0. The number of thiol groups is 1. The molecule has 0 aliphatic heterocycles. The summed E-state index contributed by atoms with van der Waals surface area (Å²) < 4.78 is 13.1. The Labute approximate surface area is 255 Å². The van der Waals surface area contributed by atoms with E-state index < -0.39 is 0 Å². The predicted octanol–water partition coefficient (Wildman–Crippen LogP) is 8.19. The molecule has 0 heterocycles. The second-order valence-electron chi connectivity index (χ2n) is 9.75. The Morgan fingerprint density at radius 3 is 1.07 bits per heavy atom. The standard InChI is InChI=1S/2C17H16O2.CH5NS.CH4/c2*1-2-17(18)19-11-16-14-9-5-3-7-12(14)13-8-4-6-10-15(13)16;1-2-3;/h2*3-10,16H,2,11H2,1H3;2-3H,1H3;1H4. The third-order valence-electron chi connectivity index (χ3n) is 7.32. The molecule has 1 N–H and O–H groups in total. The summed E-state index contributed by atoms with van der Waals surface area (Å²) in [5, 5.41) is 0. The number of carbonyl (C=O) groups excluding carboxylic acids is 2. The summed E-state index contributed by atoms with van der Waals surface area (Å²) in [4.78, 5) is 22.7. The molecule has 0 bridgehead atoms. The molecule has 0 saturated heterocycles. The number of hydrogen-bond donors (Lipinski definition) is 2. The zero-order valence-electron chi connectivity index (χ0n) is 23.8. The van der Waals surface area contributed by atoms with Crippen LogP contribution in [0.25, 0.3) is 22.3 Å². The van der Waals surface area contributed by atoms with E-state index in [1.807, 2.05) is 38.1 Å². The molecule has 0 spiro atoms. The number of esters is 2. The van der Waals surface area contributed by atoms with Gasteiger partial charge in [-0.3, -0.25) is 14.3 Å². The molecule has 0 aromatic heterocycles. The normalized spacial score (nSPS) is 12.1. The predicted molar refractivity (Wildman–Crippen MR) is 175 cm³/mol. The second-order valence-corrected chi connectivity index (χ2v) is 10.2. The van der Waals surface area contributed by atoms with Crippen LogP contribution in [0.3, 0.4) is 0 Å². The minimum Gasteiger partial charge on any atom is -0.465 e. The van der Waals surface area contributed by atoms with E-state index in [1.54, 1.807) is 7.05 Å². The number of rotatable bonds is 6. The van der Waals surface area contributed by atoms with Gasteiger partial charge in [0.15, 0.2) is 0 Å². The molecule has 42 heavy (non-hydrogen) atoms. The number of hydrogen-bond acceptors (Lipinski definition) is 6. The third-order valence-corrected chi connectivity index (χ3v) is 7.32. The maximum Gasteiger partial charge on any atom is 0.305 e. The number of ether oxygens (including phenoxy) is 2. The van der Waals surface area contributed by atoms with E-state index in [0.717, 1.165) is 0 Å². The van der Waals surface area contributed by atoms with Gasteiger partial charge in [0, 0.05) is 24.7 Å². The van der Waals surface area contributed by atoms with Crippen LogP contribution in [-0.4, -0.2) is 32.2 Å². The summed E-state index contributed by atoms with van der Waals surface area (Å²) in [6, 6.07) is 33.4. The molecule has 0 unspecified atom stereocenters. The van der Waals surface area contributed by atoms with Crippen molar-refractivity contribution in [3.05, 3.63) is 119 Å². The molecule has 4 aromatic rings. The molecule has 6 rings (SSSR count). The Morgan fingerprint density at radius 2 is 0.833 bits per heavy atom.